The topological polar surface area (TPSA) is 12.0 Å². The monoisotopic (exact) mass is 139 g/mol. The first-order chi connectivity index (χ1) is 4.60. The Morgan fingerprint density at radius 3 is 2.90 bits per heavy atom. The van der Waals surface area contributed by atoms with E-state index in [1.54, 1.807) is 0 Å². The molecule has 0 spiro atoms. The molecule has 1 saturated heterocycles. The van der Waals surface area contributed by atoms with Gasteiger partial charge in [-0.25, -0.2) is 0 Å². The average Bonchev–Trinajstić information content (AvgIpc) is 1.94. The van der Waals surface area contributed by atoms with Gasteiger partial charge in [0, 0.05) is 12.2 Å². The van der Waals surface area contributed by atoms with Crippen LogP contribution in [0, 0.1) is 5.41 Å². The van der Waals surface area contributed by atoms with E-state index in [0.29, 0.717) is 5.41 Å². The lowest BCUT2D eigenvalue weighted by molar-refractivity contribution is 0.337. The number of rotatable bonds is 0. The van der Waals surface area contributed by atoms with Crippen molar-refractivity contribution in [1.29, 1.82) is 0 Å². The molecule has 1 fully saturated rings. The van der Waals surface area contributed by atoms with Crippen LogP contribution in [0.25, 0.3) is 0 Å². The number of hydrogen-bond acceptors (Lipinski definition) is 1. The largest absolute Gasteiger partial charge is 0.388 e. The fraction of sp³-hybridized carbons (Fsp3) is 0.778. The average molecular weight is 139 g/mol. The summed E-state index contributed by atoms with van der Waals surface area (Å²) in [5, 5.41) is 3.34. The van der Waals surface area contributed by atoms with Gasteiger partial charge in [0.2, 0.25) is 0 Å². The maximum absolute atomic E-state index is 3.93. The van der Waals surface area contributed by atoms with Gasteiger partial charge < -0.3 is 5.32 Å². The second kappa shape index (κ2) is 2.65. The van der Waals surface area contributed by atoms with Crippen LogP contribution in [0.15, 0.2) is 12.3 Å². The van der Waals surface area contributed by atoms with E-state index in [0.717, 1.165) is 13.0 Å². The molecule has 0 aromatic heterocycles. The molecule has 0 bridgehead atoms. The van der Waals surface area contributed by atoms with Gasteiger partial charge >= 0.3 is 0 Å². The molecule has 0 aliphatic carbocycles. The molecule has 58 valence electrons. The third-order valence-corrected chi connectivity index (χ3v) is 2.15. The molecule has 0 amide bonds. The van der Waals surface area contributed by atoms with Crippen molar-refractivity contribution in [3.05, 3.63) is 12.3 Å². The molecular formula is C9H17N. The Kier molecular flexibility index (Phi) is 2.02. The van der Waals surface area contributed by atoms with Gasteiger partial charge in [-0.3, -0.25) is 0 Å². The van der Waals surface area contributed by atoms with Crippen LogP contribution in [-0.4, -0.2) is 6.54 Å². The summed E-state index contributed by atoms with van der Waals surface area (Å²) in [7, 11) is 0. The van der Waals surface area contributed by atoms with Crippen LogP contribution in [0.2, 0.25) is 0 Å². The lowest BCUT2D eigenvalue weighted by Gasteiger charge is -2.21. The molecule has 0 aromatic carbocycles. The number of hydrogen-bond donors (Lipinski definition) is 1. The van der Waals surface area contributed by atoms with Crippen LogP contribution in [0.5, 0.6) is 0 Å². The predicted octanol–water partition coefficient (Wildman–Crippen LogP) is 2.30. The molecule has 1 heteroatoms. The Hall–Kier alpha value is -0.460. The molecule has 1 rings (SSSR count). The summed E-state index contributed by atoms with van der Waals surface area (Å²) in [6.07, 6.45) is 3.77. The van der Waals surface area contributed by atoms with E-state index in [9.17, 15) is 0 Å². The Morgan fingerprint density at radius 1 is 1.50 bits per heavy atom. The van der Waals surface area contributed by atoms with E-state index < -0.39 is 0 Å². The van der Waals surface area contributed by atoms with Gasteiger partial charge in [0.1, 0.15) is 0 Å². The highest BCUT2D eigenvalue weighted by Crippen LogP contribution is 2.26. The van der Waals surface area contributed by atoms with Crippen LogP contribution in [-0.2, 0) is 0 Å². The van der Waals surface area contributed by atoms with Crippen molar-refractivity contribution in [2.24, 2.45) is 5.41 Å². The smallest absolute Gasteiger partial charge is 0.0195 e. The molecule has 0 radical (unpaired) electrons. The highest BCUT2D eigenvalue weighted by atomic mass is 14.9. The highest BCUT2D eigenvalue weighted by Gasteiger charge is 2.19. The molecule has 0 unspecified atom stereocenters. The SMILES string of the molecule is C=C1CCCC(C)(C)CN1. The fourth-order valence-corrected chi connectivity index (χ4v) is 1.32. The van der Waals surface area contributed by atoms with E-state index in [4.69, 9.17) is 0 Å². The summed E-state index contributed by atoms with van der Waals surface area (Å²) in [5.41, 5.74) is 1.69. The van der Waals surface area contributed by atoms with Crippen molar-refractivity contribution in [3.63, 3.8) is 0 Å². The minimum Gasteiger partial charge on any atom is -0.388 e. The molecule has 1 aliphatic heterocycles. The number of allylic oxidation sites excluding steroid dienone is 1. The van der Waals surface area contributed by atoms with E-state index in [2.05, 4.69) is 25.7 Å². The summed E-state index contributed by atoms with van der Waals surface area (Å²) >= 11 is 0. The summed E-state index contributed by atoms with van der Waals surface area (Å²) in [6, 6.07) is 0. The van der Waals surface area contributed by atoms with Crippen molar-refractivity contribution < 1.29 is 0 Å². The second-order valence-corrected chi connectivity index (χ2v) is 3.97. The Morgan fingerprint density at radius 2 is 2.20 bits per heavy atom. The molecule has 0 saturated carbocycles. The molecule has 0 aromatic rings. The van der Waals surface area contributed by atoms with Crippen molar-refractivity contribution in [2.75, 3.05) is 6.54 Å². The van der Waals surface area contributed by atoms with E-state index in [-0.39, 0.29) is 0 Å². The minimum atomic E-state index is 0.472. The number of nitrogens with one attached hydrogen (secondary N) is 1. The highest BCUT2D eigenvalue weighted by molar-refractivity contribution is 4.95. The fourth-order valence-electron chi connectivity index (χ4n) is 1.32. The summed E-state index contributed by atoms with van der Waals surface area (Å²) in [4.78, 5) is 0. The normalized spacial score (nSPS) is 25.2. The molecule has 1 heterocycles. The Bertz CT molecular complexity index is 136. The third-order valence-electron chi connectivity index (χ3n) is 2.15. The van der Waals surface area contributed by atoms with Gasteiger partial charge in [-0.05, 0) is 24.7 Å². The summed E-state index contributed by atoms with van der Waals surface area (Å²) in [6.45, 7) is 9.63. The van der Waals surface area contributed by atoms with Crippen LogP contribution < -0.4 is 5.32 Å². The van der Waals surface area contributed by atoms with Crippen LogP contribution in [0.1, 0.15) is 33.1 Å². The van der Waals surface area contributed by atoms with Gasteiger partial charge in [0.25, 0.3) is 0 Å². The van der Waals surface area contributed by atoms with Gasteiger partial charge in [-0.1, -0.05) is 20.4 Å². The van der Waals surface area contributed by atoms with Gasteiger partial charge in [-0.2, -0.15) is 0 Å². The molecule has 0 atom stereocenters. The maximum atomic E-state index is 3.93. The first-order valence-corrected chi connectivity index (χ1v) is 4.02. The van der Waals surface area contributed by atoms with Crippen molar-refractivity contribution in [1.82, 2.24) is 5.32 Å². The zero-order chi connectivity index (χ0) is 7.61. The van der Waals surface area contributed by atoms with Crippen molar-refractivity contribution in [2.45, 2.75) is 33.1 Å². The minimum absolute atomic E-state index is 0.472. The van der Waals surface area contributed by atoms with E-state index in [1.807, 2.05) is 0 Å². The van der Waals surface area contributed by atoms with Crippen LogP contribution in [0.3, 0.4) is 0 Å². The quantitative estimate of drug-likeness (QED) is 0.543. The van der Waals surface area contributed by atoms with Crippen LogP contribution >= 0.6 is 0 Å². The van der Waals surface area contributed by atoms with Gasteiger partial charge in [0.15, 0.2) is 0 Å². The lowest BCUT2D eigenvalue weighted by Crippen LogP contribution is -2.25. The lowest BCUT2D eigenvalue weighted by atomic mass is 9.88. The summed E-state index contributed by atoms with van der Waals surface area (Å²) < 4.78 is 0. The van der Waals surface area contributed by atoms with E-state index >= 15 is 0 Å². The van der Waals surface area contributed by atoms with Gasteiger partial charge in [-0.15, -0.1) is 0 Å². The molecule has 1 nitrogen and oxygen atoms in total. The van der Waals surface area contributed by atoms with Crippen molar-refractivity contribution in [3.8, 4) is 0 Å². The van der Waals surface area contributed by atoms with E-state index in [1.165, 1.54) is 18.5 Å². The molecule has 1 aliphatic rings. The van der Waals surface area contributed by atoms with Gasteiger partial charge in [0.05, 0.1) is 0 Å². The van der Waals surface area contributed by atoms with Crippen LogP contribution in [0.4, 0.5) is 0 Å². The molecule has 10 heavy (non-hydrogen) atoms. The zero-order valence-corrected chi connectivity index (χ0v) is 7.04. The standard InChI is InChI=1S/C9H17N/c1-8-5-4-6-9(2,3)7-10-8/h10H,1,4-7H2,2-3H3. The predicted molar refractivity (Wildman–Crippen MR) is 44.8 cm³/mol. The molecular weight excluding hydrogens is 122 g/mol. The second-order valence-electron chi connectivity index (χ2n) is 3.97. The first kappa shape index (κ1) is 7.64. The Labute approximate surface area is 63.5 Å². The Balaban J connectivity index is 2.48. The van der Waals surface area contributed by atoms with Crippen molar-refractivity contribution >= 4 is 0 Å². The summed E-state index contributed by atoms with van der Waals surface area (Å²) in [5.74, 6) is 0. The zero-order valence-electron chi connectivity index (χ0n) is 7.04. The first-order valence-electron chi connectivity index (χ1n) is 4.02. The molecule has 1 N–H and O–H groups in total. The third kappa shape index (κ3) is 2.05. The maximum Gasteiger partial charge on any atom is 0.0195 e.